The van der Waals surface area contributed by atoms with E-state index in [0.29, 0.717) is 6.04 Å². The second-order valence-electron chi connectivity index (χ2n) is 5.10. The third-order valence-electron chi connectivity index (χ3n) is 3.26. The van der Waals surface area contributed by atoms with Gasteiger partial charge in [-0.3, -0.25) is 0 Å². The van der Waals surface area contributed by atoms with Crippen LogP contribution >= 0.6 is 0 Å². The Hall–Kier alpha value is -1.02. The van der Waals surface area contributed by atoms with Gasteiger partial charge in [0.25, 0.3) is 0 Å². The molecule has 0 fully saturated rings. The molecular weight excluding hydrogens is 222 g/mol. The van der Waals surface area contributed by atoms with Crippen molar-refractivity contribution in [2.75, 3.05) is 7.05 Å². The van der Waals surface area contributed by atoms with Gasteiger partial charge in [-0.05, 0) is 57.9 Å². The van der Waals surface area contributed by atoms with Crippen molar-refractivity contribution in [2.45, 2.75) is 58.6 Å². The van der Waals surface area contributed by atoms with Crippen molar-refractivity contribution in [2.24, 2.45) is 0 Å². The zero-order chi connectivity index (χ0) is 13.4. The van der Waals surface area contributed by atoms with E-state index in [1.165, 1.54) is 24.8 Å². The third-order valence-corrected chi connectivity index (χ3v) is 3.26. The summed E-state index contributed by atoms with van der Waals surface area (Å²) in [6.07, 6.45) is 4.94. The highest BCUT2D eigenvalue weighted by Gasteiger charge is 2.08. The molecule has 2 atom stereocenters. The zero-order valence-corrected chi connectivity index (χ0v) is 12.2. The lowest BCUT2D eigenvalue weighted by atomic mass is 10.1. The molecule has 0 saturated carbocycles. The maximum absolute atomic E-state index is 5.91. The van der Waals surface area contributed by atoms with Crippen molar-refractivity contribution < 1.29 is 4.74 Å². The van der Waals surface area contributed by atoms with Gasteiger partial charge in [0.05, 0.1) is 6.10 Å². The standard InChI is InChI=1S/C16H27NO/c1-5-6-7-15-8-10-16(11-9-15)18-14(3)12-13(2)17-4/h8-11,13-14,17H,5-7,12H2,1-4H3. The molecule has 0 aliphatic heterocycles. The number of aryl methyl sites for hydroxylation is 1. The van der Waals surface area contributed by atoms with Gasteiger partial charge < -0.3 is 10.1 Å². The Morgan fingerprint density at radius 3 is 2.39 bits per heavy atom. The van der Waals surface area contributed by atoms with Crippen LogP contribution in [-0.2, 0) is 6.42 Å². The molecule has 1 aromatic carbocycles. The van der Waals surface area contributed by atoms with E-state index in [1.807, 2.05) is 7.05 Å². The van der Waals surface area contributed by atoms with Crippen molar-refractivity contribution in [3.63, 3.8) is 0 Å². The monoisotopic (exact) mass is 249 g/mol. The maximum atomic E-state index is 5.91. The third kappa shape index (κ3) is 5.54. The van der Waals surface area contributed by atoms with E-state index in [4.69, 9.17) is 4.74 Å². The molecule has 18 heavy (non-hydrogen) atoms. The molecule has 0 bridgehead atoms. The Morgan fingerprint density at radius 2 is 1.83 bits per heavy atom. The normalized spacial score (nSPS) is 14.2. The minimum Gasteiger partial charge on any atom is -0.491 e. The molecule has 0 amide bonds. The number of nitrogens with one attached hydrogen (secondary N) is 1. The molecule has 0 aliphatic carbocycles. The Balaban J connectivity index is 2.42. The van der Waals surface area contributed by atoms with Crippen molar-refractivity contribution in [1.82, 2.24) is 5.32 Å². The molecular formula is C16H27NO. The number of hydrogen-bond donors (Lipinski definition) is 1. The van der Waals surface area contributed by atoms with Gasteiger partial charge in [-0.1, -0.05) is 25.5 Å². The Labute approximate surface area is 112 Å². The summed E-state index contributed by atoms with van der Waals surface area (Å²) >= 11 is 0. The topological polar surface area (TPSA) is 21.3 Å². The summed E-state index contributed by atoms with van der Waals surface area (Å²) < 4.78 is 5.91. The average molecular weight is 249 g/mol. The predicted molar refractivity (Wildman–Crippen MR) is 78.3 cm³/mol. The molecule has 1 aromatic rings. The highest BCUT2D eigenvalue weighted by Crippen LogP contribution is 2.16. The molecule has 0 aromatic heterocycles. The Morgan fingerprint density at radius 1 is 1.17 bits per heavy atom. The number of benzene rings is 1. The van der Waals surface area contributed by atoms with Gasteiger partial charge in [-0.15, -0.1) is 0 Å². The SMILES string of the molecule is CCCCc1ccc(OC(C)CC(C)NC)cc1. The van der Waals surface area contributed by atoms with Gasteiger partial charge in [0.2, 0.25) is 0 Å². The fourth-order valence-corrected chi connectivity index (χ4v) is 2.01. The first-order valence-corrected chi connectivity index (χ1v) is 7.08. The lowest BCUT2D eigenvalue weighted by Gasteiger charge is -2.18. The second-order valence-corrected chi connectivity index (χ2v) is 5.10. The summed E-state index contributed by atoms with van der Waals surface area (Å²) in [5, 5.41) is 3.23. The van der Waals surface area contributed by atoms with Gasteiger partial charge >= 0.3 is 0 Å². The van der Waals surface area contributed by atoms with Crippen molar-refractivity contribution >= 4 is 0 Å². The van der Waals surface area contributed by atoms with E-state index < -0.39 is 0 Å². The predicted octanol–water partition coefficient (Wildman–Crippen LogP) is 3.79. The first-order valence-electron chi connectivity index (χ1n) is 7.08. The number of hydrogen-bond acceptors (Lipinski definition) is 2. The van der Waals surface area contributed by atoms with Crippen LogP contribution in [0.5, 0.6) is 5.75 Å². The van der Waals surface area contributed by atoms with E-state index in [1.54, 1.807) is 0 Å². The van der Waals surface area contributed by atoms with Crippen LogP contribution in [0, 0.1) is 0 Å². The van der Waals surface area contributed by atoms with Gasteiger partial charge in [0, 0.05) is 6.04 Å². The number of unbranched alkanes of at least 4 members (excludes halogenated alkanes) is 1. The van der Waals surface area contributed by atoms with E-state index >= 15 is 0 Å². The largest absolute Gasteiger partial charge is 0.491 e. The van der Waals surface area contributed by atoms with Crippen molar-refractivity contribution in [3.8, 4) is 5.75 Å². The minimum atomic E-state index is 0.244. The molecule has 0 heterocycles. The quantitative estimate of drug-likeness (QED) is 0.756. The van der Waals surface area contributed by atoms with Crippen LogP contribution < -0.4 is 10.1 Å². The lowest BCUT2D eigenvalue weighted by molar-refractivity contribution is 0.198. The molecule has 102 valence electrons. The van der Waals surface area contributed by atoms with Crippen LogP contribution in [0.1, 0.15) is 45.6 Å². The Bertz CT molecular complexity index is 320. The lowest BCUT2D eigenvalue weighted by Crippen LogP contribution is -2.28. The van der Waals surface area contributed by atoms with Crippen LogP contribution in [-0.4, -0.2) is 19.2 Å². The highest BCUT2D eigenvalue weighted by molar-refractivity contribution is 5.27. The molecule has 0 aliphatic rings. The fourth-order valence-electron chi connectivity index (χ4n) is 2.01. The van der Waals surface area contributed by atoms with Gasteiger partial charge in [-0.25, -0.2) is 0 Å². The smallest absolute Gasteiger partial charge is 0.119 e. The van der Waals surface area contributed by atoms with Crippen LogP contribution in [0.4, 0.5) is 0 Å². The van der Waals surface area contributed by atoms with Crippen molar-refractivity contribution in [3.05, 3.63) is 29.8 Å². The summed E-state index contributed by atoms with van der Waals surface area (Å²) in [7, 11) is 1.99. The summed E-state index contributed by atoms with van der Waals surface area (Å²) in [5.41, 5.74) is 1.40. The number of ether oxygens (including phenoxy) is 1. The summed E-state index contributed by atoms with van der Waals surface area (Å²) in [6.45, 7) is 6.52. The van der Waals surface area contributed by atoms with Gasteiger partial charge in [0.15, 0.2) is 0 Å². The molecule has 2 unspecified atom stereocenters. The van der Waals surface area contributed by atoms with Gasteiger partial charge in [-0.2, -0.15) is 0 Å². The van der Waals surface area contributed by atoms with E-state index in [2.05, 4.69) is 50.4 Å². The van der Waals surface area contributed by atoms with E-state index in [0.717, 1.165) is 12.2 Å². The average Bonchev–Trinajstić information content (AvgIpc) is 2.37. The van der Waals surface area contributed by atoms with Crippen LogP contribution in [0.15, 0.2) is 24.3 Å². The molecule has 0 spiro atoms. The second kappa shape index (κ2) is 8.15. The molecule has 0 radical (unpaired) electrons. The first-order chi connectivity index (χ1) is 8.65. The number of rotatable bonds is 8. The molecule has 1 rings (SSSR count). The van der Waals surface area contributed by atoms with E-state index in [-0.39, 0.29) is 6.10 Å². The van der Waals surface area contributed by atoms with Crippen LogP contribution in [0.2, 0.25) is 0 Å². The van der Waals surface area contributed by atoms with E-state index in [9.17, 15) is 0 Å². The molecule has 2 nitrogen and oxygen atoms in total. The van der Waals surface area contributed by atoms with Crippen LogP contribution in [0.3, 0.4) is 0 Å². The fraction of sp³-hybridized carbons (Fsp3) is 0.625. The summed E-state index contributed by atoms with van der Waals surface area (Å²) in [6, 6.07) is 9.03. The Kier molecular flexibility index (Phi) is 6.81. The van der Waals surface area contributed by atoms with Crippen LogP contribution in [0.25, 0.3) is 0 Å². The zero-order valence-electron chi connectivity index (χ0n) is 12.2. The molecule has 2 heteroatoms. The molecule has 1 N–H and O–H groups in total. The summed E-state index contributed by atoms with van der Waals surface area (Å²) in [4.78, 5) is 0. The first kappa shape index (κ1) is 15.0. The van der Waals surface area contributed by atoms with Crippen molar-refractivity contribution in [1.29, 1.82) is 0 Å². The maximum Gasteiger partial charge on any atom is 0.119 e. The minimum absolute atomic E-state index is 0.244. The summed E-state index contributed by atoms with van der Waals surface area (Å²) in [5.74, 6) is 0.978. The molecule has 0 saturated heterocycles. The highest BCUT2D eigenvalue weighted by atomic mass is 16.5. The van der Waals surface area contributed by atoms with Gasteiger partial charge in [0.1, 0.15) is 5.75 Å².